The van der Waals surface area contributed by atoms with Crippen LogP contribution in [-0.4, -0.2) is 5.16 Å². The van der Waals surface area contributed by atoms with Gasteiger partial charge < -0.3 is 4.52 Å². The Balaban J connectivity index is 2.79. The molecule has 3 nitrogen and oxygen atoms in total. The van der Waals surface area contributed by atoms with Crippen molar-refractivity contribution in [3.63, 3.8) is 0 Å². The van der Waals surface area contributed by atoms with Gasteiger partial charge in [0, 0.05) is 3.57 Å². The number of nitrogens with one attached hydrogen (secondary N) is 1. The maximum Gasteiger partial charge on any atom is 0.365 e. The zero-order chi connectivity index (χ0) is 10.3. The van der Waals surface area contributed by atoms with Gasteiger partial charge in [0.1, 0.15) is 0 Å². The summed E-state index contributed by atoms with van der Waals surface area (Å²) in [5, 5.41) is 3.24. The lowest BCUT2D eigenvalue weighted by molar-refractivity contribution is 0.400. The van der Waals surface area contributed by atoms with Crippen LogP contribution in [0.25, 0.3) is 10.9 Å². The van der Waals surface area contributed by atoms with Crippen LogP contribution in [-0.2, 0) is 0 Å². The predicted molar refractivity (Wildman–Crippen MR) is 63.6 cm³/mol. The molecule has 1 N–H and O–H groups in total. The molecule has 1 heterocycles. The molecule has 0 fully saturated rings. The van der Waals surface area contributed by atoms with Crippen LogP contribution in [0.4, 0.5) is 0 Å². The van der Waals surface area contributed by atoms with Crippen LogP contribution in [0, 0.1) is 3.57 Å². The fourth-order valence-corrected chi connectivity index (χ4v) is 2.53. The monoisotopic (exact) mass is 303 g/mol. The van der Waals surface area contributed by atoms with Crippen LogP contribution >= 0.6 is 22.6 Å². The van der Waals surface area contributed by atoms with Crippen molar-refractivity contribution in [1.29, 1.82) is 0 Å². The smallest absolute Gasteiger partial charge is 0.338 e. The maximum atomic E-state index is 11.2. The van der Waals surface area contributed by atoms with Crippen LogP contribution in [0.3, 0.4) is 0 Å². The number of fused-ring (bicyclic) bond motifs is 1. The molecule has 0 spiro atoms. The SMILES string of the molecule is CC(C)c1cc2[nH]oc(=O)c2cc1I. The normalized spacial score (nSPS) is 11.4. The zero-order valence-electron chi connectivity index (χ0n) is 7.93. The molecule has 74 valence electrons. The van der Waals surface area contributed by atoms with Gasteiger partial charge in [-0.25, -0.2) is 9.95 Å². The third kappa shape index (κ3) is 1.47. The Morgan fingerprint density at radius 3 is 2.79 bits per heavy atom. The molecule has 0 bridgehead atoms. The first kappa shape index (κ1) is 9.76. The minimum absolute atomic E-state index is 0.298. The Morgan fingerprint density at radius 1 is 1.43 bits per heavy atom. The molecule has 2 rings (SSSR count). The van der Waals surface area contributed by atoms with Gasteiger partial charge in [0.15, 0.2) is 0 Å². The number of aromatic amines is 1. The molecule has 1 aromatic heterocycles. The number of benzene rings is 1. The van der Waals surface area contributed by atoms with E-state index in [2.05, 4.69) is 41.6 Å². The molecule has 0 atom stereocenters. The minimum atomic E-state index is -0.298. The van der Waals surface area contributed by atoms with E-state index in [4.69, 9.17) is 4.52 Å². The second-order valence-electron chi connectivity index (χ2n) is 3.57. The average molecular weight is 303 g/mol. The van der Waals surface area contributed by atoms with Crippen molar-refractivity contribution in [1.82, 2.24) is 5.16 Å². The van der Waals surface area contributed by atoms with E-state index in [0.717, 1.165) is 9.09 Å². The van der Waals surface area contributed by atoms with Gasteiger partial charge in [-0.3, -0.25) is 0 Å². The third-order valence-electron chi connectivity index (χ3n) is 2.23. The second kappa shape index (κ2) is 3.42. The van der Waals surface area contributed by atoms with Crippen molar-refractivity contribution in [2.75, 3.05) is 0 Å². The fourth-order valence-electron chi connectivity index (χ4n) is 1.44. The summed E-state index contributed by atoms with van der Waals surface area (Å²) in [6.45, 7) is 4.25. The van der Waals surface area contributed by atoms with Gasteiger partial charge in [-0.1, -0.05) is 13.8 Å². The van der Waals surface area contributed by atoms with Crippen LogP contribution in [0.15, 0.2) is 21.5 Å². The Labute approximate surface area is 94.6 Å². The Hall–Kier alpha value is -0.780. The fraction of sp³-hybridized carbons (Fsp3) is 0.300. The molecule has 0 aliphatic carbocycles. The average Bonchev–Trinajstić information content (AvgIpc) is 2.46. The number of aromatic nitrogens is 1. The van der Waals surface area contributed by atoms with Crippen LogP contribution in [0.2, 0.25) is 0 Å². The van der Waals surface area contributed by atoms with Gasteiger partial charge in [-0.15, -0.1) is 0 Å². The second-order valence-corrected chi connectivity index (χ2v) is 4.73. The van der Waals surface area contributed by atoms with E-state index in [1.807, 2.05) is 12.1 Å². The van der Waals surface area contributed by atoms with Crippen LogP contribution in [0.1, 0.15) is 25.3 Å². The highest BCUT2D eigenvalue weighted by Crippen LogP contribution is 2.24. The lowest BCUT2D eigenvalue weighted by Gasteiger charge is -2.07. The molecule has 0 aliphatic heterocycles. The molecule has 0 amide bonds. The van der Waals surface area contributed by atoms with Gasteiger partial charge in [0.05, 0.1) is 10.9 Å². The summed E-state index contributed by atoms with van der Waals surface area (Å²) >= 11 is 2.24. The van der Waals surface area contributed by atoms with Gasteiger partial charge in [0.25, 0.3) is 0 Å². The summed E-state index contributed by atoms with van der Waals surface area (Å²) < 4.78 is 5.83. The molecule has 14 heavy (non-hydrogen) atoms. The highest BCUT2D eigenvalue weighted by atomic mass is 127. The van der Waals surface area contributed by atoms with Gasteiger partial charge >= 0.3 is 5.63 Å². The molecule has 0 unspecified atom stereocenters. The lowest BCUT2D eigenvalue weighted by Crippen LogP contribution is -1.95. The van der Waals surface area contributed by atoms with Crippen LogP contribution < -0.4 is 5.63 Å². The van der Waals surface area contributed by atoms with Gasteiger partial charge in [-0.05, 0) is 46.2 Å². The topological polar surface area (TPSA) is 46.0 Å². The van der Waals surface area contributed by atoms with E-state index in [0.29, 0.717) is 11.3 Å². The van der Waals surface area contributed by atoms with Crippen LogP contribution in [0.5, 0.6) is 0 Å². The predicted octanol–water partition coefficient (Wildman–Crippen LogP) is 2.85. The third-order valence-corrected chi connectivity index (χ3v) is 3.17. The van der Waals surface area contributed by atoms with Crippen molar-refractivity contribution in [2.24, 2.45) is 0 Å². The molecule has 0 saturated carbocycles. The lowest BCUT2D eigenvalue weighted by atomic mass is 10.0. The maximum absolute atomic E-state index is 11.2. The first-order valence-corrected chi connectivity index (χ1v) is 5.48. The van der Waals surface area contributed by atoms with E-state index in [1.165, 1.54) is 5.56 Å². The molecular weight excluding hydrogens is 293 g/mol. The molecule has 0 radical (unpaired) electrons. The molecular formula is C10H10INO2. The summed E-state index contributed by atoms with van der Waals surface area (Å²) in [4.78, 5) is 11.2. The number of hydrogen-bond acceptors (Lipinski definition) is 2. The van der Waals surface area contributed by atoms with Crippen molar-refractivity contribution in [3.05, 3.63) is 31.7 Å². The Kier molecular flexibility index (Phi) is 2.38. The van der Waals surface area contributed by atoms with E-state index in [9.17, 15) is 4.79 Å². The number of hydrogen-bond donors (Lipinski definition) is 1. The summed E-state index contributed by atoms with van der Waals surface area (Å²) in [7, 11) is 0. The van der Waals surface area contributed by atoms with Gasteiger partial charge in [-0.2, -0.15) is 0 Å². The van der Waals surface area contributed by atoms with Gasteiger partial charge in [0.2, 0.25) is 0 Å². The standard InChI is InChI=1S/C10H10INO2/c1-5(2)6-4-9-7(3-8(6)11)10(13)14-12-9/h3-5,12H,1-2H3. The van der Waals surface area contributed by atoms with E-state index in [1.54, 1.807) is 0 Å². The number of H-pyrrole nitrogens is 1. The molecule has 1 aromatic carbocycles. The number of halogens is 1. The number of rotatable bonds is 1. The first-order chi connectivity index (χ1) is 6.59. The summed E-state index contributed by atoms with van der Waals surface area (Å²) in [6.07, 6.45) is 0. The van der Waals surface area contributed by atoms with E-state index >= 15 is 0 Å². The van der Waals surface area contributed by atoms with E-state index < -0.39 is 0 Å². The molecule has 0 aliphatic rings. The zero-order valence-corrected chi connectivity index (χ0v) is 10.1. The summed E-state index contributed by atoms with van der Waals surface area (Å²) in [6, 6.07) is 3.85. The minimum Gasteiger partial charge on any atom is -0.338 e. The Bertz CT molecular complexity index is 524. The first-order valence-electron chi connectivity index (χ1n) is 4.40. The van der Waals surface area contributed by atoms with E-state index in [-0.39, 0.29) is 5.63 Å². The summed E-state index contributed by atoms with van der Waals surface area (Å²) in [5.41, 5.74) is 1.71. The van der Waals surface area contributed by atoms with Crippen molar-refractivity contribution >= 4 is 33.5 Å². The quantitative estimate of drug-likeness (QED) is 0.823. The highest BCUT2D eigenvalue weighted by molar-refractivity contribution is 14.1. The summed E-state index contributed by atoms with van der Waals surface area (Å²) in [5.74, 6) is 0.449. The van der Waals surface area contributed by atoms with Crippen molar-refractivity contribution in [3.8, 4) is 0 Å². The van der Waals surface area contributed by atoms with Crippen molar-refractivity contribution in [2.45, 2.75) is 19.8 Å². The van der Waals surface area contributed by atoms with Crippen molar-refractivity contribution < 1.29 is 4.52 Å². The molecule has 0 saturated heterocycles. The molecule has 4 heteroatoms. The molecule has 2 aromatic rings. The Morgan fingerprint density at radius 2 is 2.14 bits per heavy atom. The largest absolute Gasteiger partial charge is 0.365 e. The highest BCUT2D eigenvalue weighted by Gasteiger charge is 2.10.